The van der Waals surface area contributed by atoms with E-state index in [2.05, 4.69) is 51.0 Å². The van der Waals surface area contributed by atoms with Gasteiger partial charge >= 0.3 is 5.97 Å². The molecule has 1 rings (SSSR count). The zero-order valence-corrected chi connectivity index (χ0v) is 18.2. The van der Waals surface area contributed by atoms with Gasteiger partial charge < -0.3 is 13.9 Å². The van der Waals surface area contributed by atoms with Crippen molar-refractivity contribution in [1.29, 1.82) is 0 Å². The highest BCUT2D eigenvalue weighted by Crippen LogP contribution is 2.13. The molecule has 0 N–H and O–H groups in total. The molecular weight excluding hydrogens is 353 g/mol. The molecule has 0 atom stereocenters. The van der Waals surface area contributed by atoms with E-state index in [1.807, 2.05) is 0 Å². The minimum Gasteiger partial charge on any atom is -1.00 e. The Balaban J connectivity index is 0.00000729. The maximum Gasteiger partial charge on any atom is 0.333 e. The van der Waals surface area contributed by atoms with Crippen LogP contribution >= 0.6 is 0 Å². The Morgan fingerprint density at radius 3 is 1.93 bits per heavy atom. The van der Waals surface area contributed by atoms with Gasteiger partial charge in [0.05, 0.1) is 27.2 Å². The molecule has 0 bridgehead atoms. The zero-order chi connectivity index (χ0) is 20.0. The molecule has 28 heavy (non-hydrogen) atoms. The second-order valence-electron chi connectivity index (χ2n) is 8.40. The number of quaternary nitrogens is 1. The van der Waals surface area contributed by atoms with E-state index >= 15 is 0 Å². The largest absolute Gasteiger partial charge is 1.00 e. The van der Waals surface area contributed by atoms with Crippen LogP contribution in [0.3, 0.4) is 0 Å². The van der Waals surface area contributed by atoms with E-state index in [9.17, 15) is 4.79 Å². The van der Waals surface area contributed by atoms with Gasteiger partial charge in [-0.15, -0.1) is 0 Å². The molecule has 1 aromatic carbocycles. The van der Waals surface area contributed by atoms with Crippen LogP contribution in [0.15, 0.2) is 42.5 Å². The van der Waals surface area contributed by atoms with Crippen molar-refractivity contribution in [1.82, 2.24) is 0 Å². The van der Waals surface area contributed by atoms with Crippen molar-refractivity contribution < 1.29 is 18.7 Å². The fraction of sp³-hybridized carbons (Fsp3) is 0.625. The number of nitrogens with zero attached hydrogens (tertiary/aromatic N) is 1. The van der Waals surface area contributed by atoms with E-state index in [1.54, 1.807) is 6.92 Å². The third-order valence-electron chi connectivity index (χ3n) is 4.94. The molecule has 0 aliphatic heterocycles. The van der Waals surface area contributed by atoms with Crippen LogP contribution in [0.25, 0.3) is 0 Å². The molecule has 0 radical (unpaired) electrons. The summed E-state index contributed by atoms with van der Waals surface area (Å²) in [6.45, 7) is 8.16. The van der Waals surface area contributed by atoms with Crippen molar-refractivity contribution in [2.45, 2.75) is 71.3 Å². The number of hydrogen-bond acceptors (Lipinski definition) is 2. The summed E-state index contributed by atoms with van der Waals surface area (Å²) in [6.07, 6.45) is 11.3. The average molecular weight is 394 g/mol. The second kappa shape index (κ2) is 15.3. The lowest BCUT2D eigenvalue weighted by Crippen LogP contribution is -3.00. The van der Waals surface area contributed by atoms with Gasteiger partial charge in [0.25, 0.3) is 0 Å². The monoisotopic (exact) mass is 393 g/mol. The molecule has 3 nitrogen and oxygen atoms in total. The summed E-state index contributed by atoms with van der Waals surface area (Å²) >= 11 is 0. The lowest BCUT2D eigenvalue weighted by Gasteiger charge is -2.30. The highest BCUT2D eigenvalue weighted by atomic mass is 19.0. The summed E-state index contributed by atoms with van der Waals surface area (Å²) in [5.74, 6) is -0.263. The molecule has 0 saturated heterocycles. The number of esters is 1. The van der Waals surface area contributed by atoms with Crippen LogP contribution in [-0.4, -0.2) is 37.7 Å². The van der Waals surface area contributed by atoms with Gasteiger partial charge in [-0.3, -0.25) is 0 Å². The van der Waals surface area contributed by atoms with Crippen molar-refractivity contribution in [3.63, 3.8) is 0 Å². The Morgan fingerprint density at radius 2 is 1.39 bits per heavy atom. The average Bonchev–Trinajstić information content (AvgIpc) is 2.62. The van der Waals surface area contributed by atoms with E-state index in [1.165, 1.54) is 57.1 Å². The molecule has 0 saturated carbocycles. The molecule has 0 amide bonds. The number of ether oxygens (including phenoxy) is 1. The van der Waals surface area contributed by atoms with Crippen LogP contribution in [0.5, 0.6) is 0 Å². The summed E-state index contributed by atoms with van der Waals surface area (Å²) in [4.78, 5) is 11.2. The van der Waals surface area contributed by atoms with Crippen molar-refractivity contribution in [2.24, 2.45) is 0 Å². The third kappa shape index (κ3) is 13.5. The predicted octanol–water partition coefficient (Wildman–Crippen LogP) is 2.90. The van der Waals surface area contributed by atoms with Crippen LogP contribution in [0.4, 0.5) is 0 Å². The summed E-state index contributed by atoms with van der Waals surface area (Å²) in [5, 5.41) is 0. The van der Waals surface area contributed by atoms with Gasteiger partial charge in [0.1, 0.15) is 6.54 Å². The number of carbonyl (C=O) groups is 1. The lowest BCUT2D eigenvalue weighted by molar-refractivity contribution is -0.903. The first-order chi connectivity index (χ1) is 12.9. The van der Waals surface area contributed by atoms with E-state index in [4.69, 9.17) is 4.74 Å². The number of unbranched alkanes of at least 4 members (excludes halogenated alkanes) is 8. The first kappa shape index (κ1) is 26.3. The van der Waals surface area contributed by atoms with E-state index in [0.717, 1.165) is 23.9 Å². The Bertz CT molecular complexity index is 543. The van der Waals surface area contributed by atoms with Crippen LogP contribution in [0, 0.1) is 0 Å². The van der Waals surface area contributed by atoms with Gasteiger partial charge in [-0.05, 0) is 26.2 Å². The second-order valence-corrected chi connectivity index (χ2v) is 8.40. The summed E-state index contributed by atoms with van der Waals surface area (Å²) in [6, 6.07) is 10.8. The lowest BCUT2D eigenvalue weighted by atomic mass is 10.1. The molecule has 0 aliphatic rings. The zero-order valence-electron chi connectivity index (χ0n) is 18.2. The number of rotatable bonds is 15. The van der Waals surface area contributed by atoms with Crippen molar-refractivity contribution in [3.8, 4) is 0 Å². The van der Waals surface area contributed by atoms with Gasteiger partial charge in [0, 0.05) is 11.1 Å². The first-order valence-corrected chi connectivity index (χ1v) is 10.6. The van der Waals surface area contributed by atoms with Crippen LogP contribution < -0.4 is 4.70 Å². The van der Waals surface area contributed by atoms with Crippen LogP contribution in [-0.2, 0) is 16.1 Å². The standard InChI is InChI=1S/C24H40NO2.FH/c1-22(2)24(26)27-20-16-11-9-7-5-6-8-10-15-19-25(3,4)21-23-17-13-12-14-18-23;/h12-14,17-18H,1,5-11,15-16,19-21H2,2-4H3;1H/q+1;/p-1. The smallest absolute Gasteiger partial charge is 0.333 e. The van der Waals surface area contributed by atoms with Crippen molar-refractivity contribution in [2.75, 3.05) is 27.2 Å². The van der Waals surface area contributed by atoms with Gasteiger partial charge in [-0.25, -0.2) is 4.79 Å². The van der Waals surface area contributed by atoms with Crippen molar-refractivity contribution in [3.05, 3.63) is 48.0 Å². The molecule has 0 spiro atoms. The maximum atomic E-state index is 11.2. The maximum absolute atomic E-state index is 11.2. The predicted molar refractivity (Wildman–Crippen MR) is 114 cm³/mol. The highest BCUT2D eigenvalue weighted by Gasteiger charge is 2.14. The van der Waals surface area contributed by atoms with Gasteiger partial charge in [-0.2, -0.15) is 0 Å². The van der Waals surface area contributed by atoms with E-state index < -0.39 is 0 Å². The Labute approximate surface area is 171 Å². The molecule has 0 fully saturated rings. The Hall–Kier alpha value is -1.68. The SMILES string of the molecule is C=C(C)C(=O)OCCCCCCCCCCC[N+](C)(C)Cc1ccccc1.[F-]. The van der Waals surface area contributed by atoms with E-state index in [0.29, 0.717) is 12.2 Å². The van der Waals surface area contributed by atoms with Crippen molar-refractivity contribution >= 4 is 5.97 Å². The molecule has 160 valence electrons. The third-order valence-corrected chi connectivity index (χ3v) is 4.94. The topological polar surface area (TPSA) is 26.3 Å². The Kier molecular flexibility index (Phi) is 14.4. The highest BCUT2D eigenvalue weighted by molar-refractivity contribution is 5.86. The number of hydrogen-bond donors (Lipinski definition) is 0. The summed E-state index contributed by atoms with van der Waals surface area (Å²) in [7, 11) is 4.67. The number of carbonyl (C=O) groups excluding carboxylic acids is 1. The number of benzene rings is 1. The van der Waals surface area contributed by atoms with Gasteiger partial charge in [-0.1, -0.05) is 75.4 Å². The normalized spacial score (nSPS) is 11.0. The fourth-order valence-corrected chi connectivity index (χ4v) is 3.32. The van der Waals surface area contributed by atoms with Gasteiger partial charge in [0.15, 0.2) is 0 Å². The molecule has 0 unspecified atom stereocenters. The van der Waals surface area contributed by atoms with Gasteiger partial charge in [0.2, 0.25) is 0 Å². The van der Waals surface area contributed by atoms with E-state index in [-0.39, 0.29) is 10.7 Å². The summed E-state index contributed by atoms with van der Waals surface area (Å²) in [5.41, 5.74) is 1.91. The number of halogens is 1. The fourth-order valence-electron chi connectivity index (χ4n) is 3.32. The Morgan fingerprint density at radius 1 is 0.893 bits per heavy atom. The quantitative estimate of drug-likeness (QED) is 0.198. The minimum atomic E-state index is -0.263. The molecule has 4 heteroatoms. The molecule has 0 heterocycles. The summed E-state index contributed by atoms with van der Waals surface area (Å²) < 4.78 is 6.17. The molecule has 0 aliphatic carbocycles. The molecular formula is C24H40FNO2. The molecule has 1 aromatic rings. The minimum absolute atomic E-state index is 0. The van der Waals surface area contributed by atoms with Crippen LogP contribution in [0.2, 0.25) is 0 Å². The molecule has 0 aromatic heterocycles. The van der Waals surface area contributed by atoms with Crippen LogP contribution in [0.1, 0.15) is 70.3 Å². The first-order valence-electron chi connectivity index (χ1n) is 10.6.